The van der Waals surface area contributed by atoms with Crippen LogP contribution in [-0.2, 0) is 46.0 Å². The van der Waals surface area contributed by atoms with Gasteiger partial charge in [0, 0.05) is 16.5 Å². The molecular weight excluding hydrogens is 265 g/mol. The predicted octanol–water partition coefficient (Wildman–Crippen LogP) is -1.77. The van der Waals surface area contributed by atoms with Crippen LogP contribution in [0.25, 0.3) is 0 Å². The Balaban J connectivity index is -0.000000405. The summed E-state index contributed by atoms with van der Waals surface area (Å²) in [5, 5.41) is 0. The van der Waals surface area contributed by atoms with E-state index in [0.29, 0.717) is 0 Å². The molecule has 0 spiro atoms. The van der Waals surface area contributed by atoms with Crippen molar-refractivity contribution < 1.29 is 51.1 Å². The van der Waals surface area contributed by atoms with Gasteiger partial charge in [0.2, 0.25) is 20.8 Å². The molecule has 0 aliphatic carbocycles. The summed E-state index contributed by atoms with van der Waals surface area (Å²) in [6.45, 7) is 0. The fraction of sp³-hybridized carbons (Fsp3) is 0. The van der Waals surface area contributed by atoms with Crippen molar-refractivity contribution >= 4 is 20.8 Å². The summed E-state index contributed by atoms with van der Waals surface area (Å²) in [5.41, 5.74) is 0. The van der Waals surface area contributed by atoms with E-state index in [1.54, 1.807) is 0 Å². The quantitative estimate of drug-likeness (QED) is 0.206. The molecule has 0 radical (unpaired) electrons. The molecule has 0 rings (SSSR count). The average Bonchev–Trinajstić information content (AvgIpc) is 1.57. The van der Waals surface area contributed by atoms with Crippen LogP contribution >= 0.6 is 0 Å². The fourth-order valence-electron chi connectivity index (χ4n) is 0.0680. The first-order valence-corrected chi connectivity index (χ1v) is 4.17. The Hall–Kier alpha value is 0.194. The van der Waals surface area contributed by atoms with Gasteiger partial charge in [-0.2, -0.15) is 0 Å². The minimum Gasteiger partial charge on any atom is -0.724 e. The van der Waals surface area contributed by atoms with Gasteiger partial charge >= 0.3 is 0 Å². The molecule has 0 fully saturated rings. The Bertz CT molecular complexity index is 253. The third-order valence-corrected chi connectivity index (χ3v) is 0.750. The summed E-state index contributed by atoms with van der Waals surface area (Å²) in [5.74, 6) is 0. The van der Waals surface area contributed by atoms with Gasteiger partial charge in [-0.05, 0) is 0 Å². The fourth-order valence-corrected chi connectivity index (χ4v) is 0.612. The van der Waals surface area contributed by atoms with Crippen molar-refractivity contribution in [2.24, 2.45) is 0 Å². The molecule has 12 heavy (non-hydrogen) atoms. The molecule has 0 saturated heterocycles. The van der Waals surface area contributed by atoms with E-state index >= 15 is 0 Å². The number of hydrogen-bond donors (Lipinski definition) is 1. The largest absolute Gasteiger partial charge is 0.724 e. The third-order valence-electron chi connectivity index (χ3n) is 0.194. The molecule has 0 heterocycles. The standard InChI is InChI=1S/H3N.Ni.H2O8S2/c;;1-9(2,3)7-8-10(4,5)6/h1H3;;(H,1,2,3)(H,4,5,6)/p-1. The molecule has 0 unspecified atom stereocenters. The summed E-state index contributed by atoms with van der Waals surface area (Å²) >= 11 is 0. The van der Waals surface area contributed by atoms with Gasteiger partial charge in [-0.25, -0.2) is 16.8 Å². The average molecular weight is 269 g/mol. The number of rotatable bonds is 3. The van der Waals surface area contributed by atoms with Crippen LogP contribution in [0.15, 0.2) is 0 Å². The number of quaternary nitrogens is 1. The van der Waals surface area contributed by atoms with Crippen molar-refractivity contribution in [2.45, 2.75) is 0 Å². The molecule has 0 aliphatic heterocycles. The normalized spacial score (nSPS) is 11.2. The smallest absolute Gasteiger partial charge is 0.246 e. The summed E-state index contributed by atoms with van der Waals surface area (Å²) in [6, 6.07) is 0. The van der Waals surface area contributed by atoms with Crippen molar-refractivity contribution in [3.05, 3.63) is 0 Å². The third kappa shape index (κ3) is 16.6. The zero-order chi connectivity index (χ0) is 8.41. The minimum atomic E-state index is -5.31. The van der Waals surface area contributed by atoms with E-state index in [1.165, 1.54) is 0 Å². The first-order valence-electron chi connectivity index (χ1n) is 1.50. The maximum atomic E-state index is 9.37. The Morgan fingerprint density at radius 2 is 1.00 bits per heavy atom. The first-order chi connectivity index (χ1) is 4.21. The predicted molar refractivity (Wildman–Crippen MR) is 27.5 cm³/mol. The SMILES string of the molecule is O=S(=O)([O-])OOS(=O)(=O)[O-].[NH4+].[Ni]. The summed E-state index contributed by atoms with van der Waals surface area (Å²) in [6.07, 6.45) is 0. The molecule has 0 bridgehead atoms. The topological polar surface area (TPSA) is 169 Å². The Morgan fingerprint density at radius 1 is 0.833 bits per heavy atom. The van der Waals surface area contributed by atoms with Gasteiger partial charge in [-0.15, -0.1) is 8.67 Å². The van der Waals surface area contributed by atoms with Gasteiger partial charge in [0.1, 0.15) is 0 Å². The second-order valence-electron chi connectivity index (χ2n) is 0.953. The maximum absolute atomic E-state index is 9.37. The van der Waals surface area contributed by atoms with Crippen LogP contribution in [0, 0.1) is 0 Å². The van der Waals surface area contributed by atoms with E-state index in [4.69, 9.17) is 0 Å². The van der Waals surface area contributed by atoms with E-state index in [1.807, 2.05) is 0 Å². The van der Waals surface area contributed by atoms with Gasteiger partial charge in [-0.1, -0.05) is 0 Å². The van der Waals surface area contributed by atoms with E-state index in [2.05, 4.69) is 8.67 Å². The van der Waals surface area contributed by atoms with Crippen molar-refractivity contribution in [1.29, 1.82) is 0 Å². The maximum Gasteiger partial charge on any atom is 0.246 e. The molecule has 12 heteroatoms. The van der Waals surface area contributed by atoms with Crippen LogP contribution in [0.1, 0.15) is 0 Å². The molecule has 4 N–H and O–H groups in total. The first kappa shape index (κ1) is 18.1. The number of hydrogen-bond acceptors (Lipinski definition) is 8. The van der Waals surface area contributed by atoms with E-state index in [-0.39, 0.29) is 22.6 Å². The molecule has 0 aliphatic rings. The van der Waals surface area contributed by atoms with Crippen molar-refractivity contribution in [1.82, 2.24) is 6.15 Å². The second kappa shape index (κ2) is 5.77. The van der Waals surface area contributed by atoms with Crippen LogP contribution in [-0.4, -0.2) is 25.9 Å². The van der Waals surface area contributed by atoms with Crippen LogP contribution in [0.2, 0.25) is 0 Å². The minimum absolute atomic E-state index is 0. The molecule has 80 valence electrons. The van der Waals surface area contributed by atoms with Crippen LogP contribution in [0.3, 0.4) is 0 Å². The Kier molecular flexibility index (Phi) is 8.70. The molecule has 0 saturated carbocycles. The van der Waals surface area contributed by atoms with Crippen LogP contribution in [0.5, 0.6) is 0 Å². The zero-order valence-electron chi connectivity index (χ0n) is 5.40. The van der Waals surface area contributed by atoms with Gasteiger partial charge in [-0.3, -0.25) is 0 Å². The van der Waals surface area contributed by atoms with Gasteiger partial charge in [0.15, 0.2) is 0 Å². The van der Waals surface area contributed by atoms with Gasteiger partial charge in [0.05, 0.1) is 0 Å². The van der Waals surface area contributed by atoms with Crippen LogP contribution < -0.4 is 6.15 Å². The molecule has 0 aromatic heterocycles. The molecule has 0 aromatic carbocycles. The summed E-state index contributed by atoms with van der Waals surface area (Å²) in [7, 11) is -10.6. The van der Waals surface area contributed by atoms with Crippen molar-refractivity contribution in [3.63, 3.8) is 0 Å². The van der Waals surface area contributed by atoms with Crippen molar-refractivity contribution in [3.8, 4) is 0 Å². The molecule has 0 aromatic rings. The van der Waals surface area contributed by atoms with E-state index < -0.39 is 20.8 Å². The Morgan fingerprint density at radius 3 is 1.08 bits per heavy atom. The molecule has 9 nitrogen and oxygen atoms in total. The van der Waals surface area contributed by atoms with Gasteiger partial charge < -0.3 is 15.3 Å². The van der Waals surface area contributed by atoms with Gasteiger partial charge in [0.25, 0.3) is 0 Å². The summed E-state index contributed by atoms with van der Waals surface area (Å²) < 4.78 is 61.5. The molecule has 0 amide bonds. The molecular formula is H4NNiO8S2-. The Labute approximate surface area is 78.4 Å². The monoisotopic (exact) mass is 268 g/mol. The summed E-state index contributed by atoms with van der Waals surface area (Å²) in [4.78, 5) is 0. The van der Waals surface area contributed by atoms with E-state index in [9.17, 15) is 25.9 Å². The second-order valence-corrected chi connectivity index (χ2v) is 2.86. The zero-order valence-corrected chi connectivity index (χ0v) is 8.02. The van der Waals surface area contributed by atoms with Crippen molar-refractivity contribution in [2.75, 3.05) is 0 Å². The molecule has 0 atom stereocenters. The van der Waals surface area contributed by atoms with E-state index in [0.717, 1.165) is 0 Å². The van der Waals surface area contributed by atoms with Crippen LogP contribution in [0.4, 0.5) is 0 Å².